The van der Waals surface area contributed by atoms with Gasteiger partial charge in [-0.3, -0.25) is 4.79 Å². The van der Waals surface area contributed by atoms with Crippen LogP contribution in [0.5, 0.6) is 11.5 Å². The molecule has 1 amide bonds. The number of fused-ring (bicyclic) bond motifs is 2. The number of rotatable bonds is 2. The third-order valence-corrected chi connectivity index (χ3v) is 4.90. The molecule has 26 heavy (non-hydrogen) atoms. The van der Waals surface area contributed by atoms with Crippen LogP contribution in [0.1, 0.15) is 29.2 Å². The van der Waals surface area contributed by atoms with Gasteiger partial charge in [0, 0.05) is 17.9 Å². The van der Waals surface area contributed by atoms with Gasteiger partial charge in [0.1, 0.15) is 5.82 Å². The Morgan fingerprint density at radius 3 is 2.77 bits per heavy atom. The van der Waals surface area contributed by atoms with Crippen LogP contribution in [0.25, 0.3) is 5.69 Å². The average molecular weight is 347 g/mol. The molecule has 2 aliphatic heterocycles. The summed E-state index contributed by atoms with van der Waals surface area (Å²) in [4.78, 5) is 12.4. The number of anilines is 1. The van der Waals surface area contributed by atoms with Crippen LogP contribution in [-0.2, 0) is 4.79 Å². The molecule has 0 saturated carbocycles. The Balaban J connectivity index is 1.65. The number of nitrogens with one attached hydrogen (secondary N) is 1. The quantitative estimate of drug-likeness (QED) is 0.772. The zero-order valence-corrected chi connectivity index (χ0v) is 14.2. The van der Waals surface area contributed by atoms with E-state index in [1.54, 1.807) is 0 Å². The summed E-state index contributed by atoms with van der Waals surface area (Å²) in [6, 6.07) is 15.7. The van der Waals surface area contributed by atoms with Crippen LogP contribution in [0.15, 0.2) is 48.5 Å². The summed E-state index contributed by atoms with van der Waals surface area (Å²) in [6.07, 6.45) is 0.383. The topological polar surface area (TPSA) is 65.4 Å². The van der Waals surface area contributed by atoms with E-state index in [9.17, 15) is 4.79 Å². The molecule has 6 nitrogen and oxygen atoms in total. The van der Waals surface area contributed by atoms with Crippen LogP contribution in [-0.4, -0.2) is 22.5 Å². The Morgan fingerprint density at radius 2 is 1.92 bits per heavy atom. The second-order valence-electron chi connectivity index (χ2n) is 6.51. The number of ether oxygens (including phenoxy) is 2. The SMILES string of the molecule is Cc1nn(-c2ccccc2)c2c1[C@@H](c1ccc3c(c1)OCO3)CC(=O)N2. The summed E-state index contributed by atoms with van der Waals surface area (Å²) < 4.78 is 12.7. The van der Waals surface area contributed by atoms with Gasteiger partial charge in [-0.1, -0.05) is 24.3 Å². The van der Waals surface area contributed by atoms with Gasteiger partial charge in [-0.15, -0.1) is 0 Å². The maximum Gasteiger partial charge on any atom is 0.231 e. The highest BCUT2D eigenvalue weighted by Crippen LogP contribution is 2.43. The third-order valence-electron chi connectivity index (χ3n) is 4.90. The fraction of sp³-hybridized carbons (Fsp3) is 0.200. The van der Waals surface area contributed by atoms with Gasteiger partial charge in [0.2, 0.25) is 12.7 Å². The summed E-state index contributed by atoms with van der Waals surface area (Å²) in [5.41, 5.74) is 3.91. The van der Waals surface area contributed by atoms with E-state index < -0.39 is 0 Å². The van der Waals surface area contributed by atoms with Crippen LogP contribution in [0.4, 0.5) is 5.82 Å². The minimum absolute atomic E-state index is 0.0164. The normalized spacial score (nSPS) is 17.7. The van der Waals surface area contributed by atoms with Crippen LogP contribution in [0.2, 0.25) is 0 Å². The van der Waals surface area contributed by atoms with E-state index in [1.807, 2.05) is 60.1 Å². The second-order valence-corrected chi connectivity index (χ2v) is 6.51. The number of hydrogen-bond acceptors (Lipinski definition) is 4. The highest BCUT2D eigenvalue weighted by Gasteiger charge is 2.33. The summed E-state index contributed by atoms with van der Waals surface area (Å²) in [7, 11) is 0. The van der Waals surface area contributed by atoms with Gasteiger partial charge in [-0.25, -0.2) is 4.68 Å². The fourth-order valence-electron chi connectivity index (χ4n) is 3.72. The van der Waals surface area contributed by atoms with Gasteiger partial charge in [-0.05, 0) is 36.8 Å². The van der Waals surface area contributed by atoms with Gasteiger partial charge in [0.15, 0.2) is 11.5 Å². The number of benzene rings is 2. The van der Waals surface area contributed by atoms with Gasteiger partial charge >= 0.3 is 0 Å². The lowest BCUT2D eigenvalue weighted by molar-refractivity contribution is -0.116. The predicted molar refractivity (Wildman–Crippen MR) is 96.0 cm³/mol. The second kappa shape index (κ2) is 5.62. The molecule has 0 unspecified atom stereocenters. The Morgan fingerprint density at radius 1 is 1.12 bits per heavy atom. The molecule has 2 aliphatic rings. The number of carbonyl (C=O) groups excluding carboxylic acids is 1. The van der Waals surface area contributed by atoms with Gasteiger partial charge in [-0.2, -0.15) is 5.10 Å². The number of hydrogen-bond donors (Lipinski definition) is 1. The van der Waals surface area contributed by atoms with Crippen molar-refractivity contribution in [1.82, 2.24) is 9.78 Å². The Labute approximate surface area is 150 Å². The molecular formula is C20H17N3O3. The molecule has 0 aliphatic carbocycles. The van der Waals surface area contributed by atoms with Crippen molar-refractivity contribution in [3.05, 3.63) is 65.4 Å². The first-order valence-electron chi connectivity index (χ1n) is 8.55. The van der Waals surface area contributed by atoms with E-state index in [2.05, 4.69) is 5.32 Å². The summed E-state index contributed by atoms with van der Waals surface area (Å²) >= 11 is 0. The monoisotopic (exact) mass is 347 g/mol. The molecule has 5 rings (SSSR count). The zero-order valence-electron chi connectivity index (χ0n) is 14.2. The molecule has 0 radical (unpaired) electrons. The lowest BCUT2D eigenvalue weighted by Gasteiger charge is -2.24. The van der Waals surface area contributed by atoms with Gasteiger partial charge in [0.05, 0.1) is 11.4 Å². The van der Waals surface area contributed by atoms with Crippen molar-refractivity contribution in [3.8, 4) is 17.2 Å². The minimum Gasteiger partial charge on any atom is -0.454 e. The standard InChI is InChI=1S/C20H17N3O3/c1-12-19-15(13-7-8-16-17(9-13)26-11-25-16)10-18(24)21-20(19)23(22-12)14-5-3-2-4-6-14/h2-9,15H,10-11H2,1H3,(H,21,24)/t15-/m1/s1. The number of aromatic nitrogens is 2. The molecule has 3 heterocycles. The Hall–Kier alpha value is -3.28. The minimum atomic E-state index is -0.0642. The molecule has 0 spiro atoms. The van der Waals surface area contributed by atoms with Crippen LogP contribution < -0.4 is 14.8 Å². The van der Waals surface area contributed by atoms with E-state index in [1.165, 1.54) is 0 Å². The molecule has 3 aromatic rings. The van der Waals surface area contributed by atoms with Crippen molar-refractivity contribution < 1.29 is 14.3 Å². The van der Waals surface area contributed by atoms with Crippen molar-refractivity contribution in [2.24, 2.45) is 0 Å². The van der Waals surface area contributed by atoms with Gasteiger partial charge < -0.3 is 14.8 Å². The lowest BCUT2D eigenvalue weighted by Crippen LogP contribution is -2.24. The van der Waals surface area contributed by atoms with Crippen LogP contribution >= 0.6 is 0 Å². The summed E-state index contributed by atoms with van der Waals surface area (Å²) in [5, 5.41) is 7.70. The summed E-state index contributed by atoms with van der Waals surface area (Å²) in [6.45, 7) is 2.22. The molecule has 6 heteroatoms. The smallest absolute Gasteiger partial charge is 0.231 e. The maximum absolute atomic E-state index is 12.4. The molecule has 1 aromatic heterocycles. The zero-order chi connectivity index (χ0) is 17.7. The first-order valence-corrected chi connectivity index (χ1v) is 8.55. The molecular weight excluding hydrogens is 330 g/mol. The molecule has 130 valence electrons. The maximum atomic E-state index is 12.4. The first kappa shape index (κ1) is 15.0. The fourth-order valence-corrected chi connectivity index (χ4v) is 3.72. The molecule has 1 N–H and O–H groups in total. The Kier molecular flexibility index (Phi) is 3.25. The Bertz CT molecular complexity index is 1010. The number of carbonyl (C=O) groups is 1. The van der Waals surface area contributed by atoms with E-state index in [0.717, 1.165) is 39.8 Å². The molecule has 0 saturated heterocycles. The number of aryl methyl sites for hydroxylation is 1. The van der Waals surface area contributed by atoms with E-state index >= 15 is 0 Å². The molecule has 0 fully saturated rings. The highest BCUT2D eigenvalue weighted by atomic mass is 16.7. The van der Waals surface area contributed by atoms with Gasteiger partial charge in [0.25, 0.3) is 0 Å². The van der Waals surface area contributed by atoms with Crippen molar-refractivity contribution >= 4 is 11.7 Å². The van der Waals surface area contributed by atoms with E-state index in [4.69, 9.17) is 14.6 Å². The number of nitrogens with zero attached hydrogens (tertiary/aromatic N) is 2. The summed E-state index contributed by atoms with van der Waals surface area (Å²) in [5.74, 6) is 2.13. The average Bonchev–Trinajstić information content (AvgIpc) is 3.25. The number of para-hydroxylation sites is 1. The van der Waals surface area contributed by atoms with Crippen molar-refractivity contribution in [2.45, 2.75) is 19.3 Å². The number of amides is 1. The lowest BCUT2D eigenvalue weighted by atomic mass is 9.85. The molecule has 1 atom stereocenters. The predicted octanol–water partition coefficient (Wildman–Crippen LogP) is 3.38. The third kappa shape index (κ3) is 2.26. The van der Waals surface area contributed by atoms with Crippen molar-refractivity contribution in [3.63, 3.8) is 0 Å². The molecule has 0 bridgehead atoms. The van der Waals surface area contributed by atoms with Crippen molar-refractivity contribution in [1.29, 1.82) is 0 Å². The first-order chi connectivity index (χ1) is 12.7. The highest BCUT2D eigenvalue weighted by molar-refractivity contribution is 5.95. The largest absolute Gasteiger partial charge is 0.454 e. The van der Waals surface area contributed by atoms with E-state index in [0.29, 0.717) is 6.42 Å². The van der Waals surface area contributed by atoms with Crippen LogP contribution in [0, 0.1) is 6.92 Å². The van der Waals surface area contributed by atoms with Crippen molar-refractivity contribution in [2.75, 3.05) is 12.1 Å². The van der Waals surface area contributed by atoms with E-state index in [-0.39, 0.29) is 18.6 Å². The molecule has 2 aromatic carbocycles. The van der Waals surface area contributed by atoms with Crippen LogP contribution in [0.3, 0.4) is 0 Å².